The minimum Gasteiger partial charge on any atom is -0.338 e. The Morgan fingerprint density at radius 2 is 1.50 bits per heavy atom. The van der Waals surface area contributed by atoms with Crippen molar-refractivity contribution < 1.29 is 4.79 Å². The largest absolute Gasteiger partial charge is 0.338 e. The maximum Gasteiger partial charge on any atom is 0.260 e. The fraction of sp³-hybridized carbons (Fsp3) is 0. The van der Waals surface area contributed by atoms with E-state index >= 15 is 0 Å². The van der Waals surface area contributed by atoms with Crippen molar-refractivity contribution in [1.29, 1.82) is 0 Å². The molecule has 0 spiro atoms. The van der Waals surface area contributed by atoms with E-state index in [-0.39, 0.29) is 11.3 Å². The second-order valence-corrected chi connectivity index (χ2v) is 6.95. The molecule has 0 aliphatic heterocycles. The third-order valence-electron chi connectivity index (χ3n) is 5.03. The van der Waals surface area contributed by atoms with Crippen molar-refractivity contribution in [1.82, 2.24) is 15.0 Å². The van der Waals surface area contributed by atoms with E-state index in [4.69, 9.17) is 0 Å². The topological polar surface area (TPSA) is 78.6 Å². The van der Waals surface area contributed by atoms with Gasteiger partial charge >= 0.3 is 0 Å². The number of imidazole rings is 1. The van der Waals surface area contributed by atoms with E-state index in [0.29, 0.717) is 16.9 Å². The molecule has 2 aromatic heterocycles. The van der Waals surface area contributed by atoms with E-state index in [0.717, 1.165) is 22.0 Å². The Morgan fingerprint density at radius 3 is 2.30 bits per heavy atom. The molecule has 0 aliphatic carbocycles. The molecular formula is C25H17N3O2. The number of pyridine rings is 1. The summed E-state index contributed by atoms with van der Waals surface area (Å²) in [6.45, 7) is 0. The first kappa shape index (κ1) is 17.8. The number of carbonyl (C=O) groups is 1. The van der Waals surface area contributed by atoms with Gasteiger partial charge in [0, 0.05) is 16.5 Å². The summed E-state index contributed by atoms with van der Waals surface area (Å²) < 4.78 is 0. The summed E-state index contributed by atoms with van der Waals surface area (Å²) in [7, 11) is 0. The number of aromatic nitrogens is 3. The van der Waals surface area contributed by atoms with Gasteiger partial charge in [-0.05, 0) is 35.9 Å². The maximum atomic E-state index is 13.1. The third-order valence-corrected chi connectivity index (χ3v) is 5.03. The molecule has 0 radical (unpaired) electrons. The lowest BCUT2D eigenvalue weighted by atomic mass is 9.94. The van der Waals surface area contributed by atoms with Crippen molar-refractivity contribution in [2.75, 3.05) is 0 Å². The molecule has 0 amide bonds. The molecule has 5 rings (SSSR count). The summed E-state index contributed by atoms with van der Waals surface area (Å²) >= 11 is 0. The van der Waals surface area contributed by atoms with Crippen molar-refractivity contribution in [3.63, 3.8) is 0 Å². The van der Waals surface area contributed by atoms with Crippen LogP contribution in [-0.2, 0) is 0 Å². The number of carbonyl (C=O) groups excluding carboxylic acids is 1. The number of benzene rings is 3. The van der Waals surface area contributed by atoms with E-state index < -0.39 is 5.56 Å². The molecule has 0 unspecified atom stereocenters. The third kappa shape index (κ3) is 3.12. The van der Waals surface area contributed by atoms with Crippen LogP contribution in [0.5, 0.6) is 0 Å². The summed E-state index contributed by atoms with van der Waals surface area (Å²) in [5.41, 5.74) is 3.56. The quantitative estimate of drug-likeness (QED) is 0.335. The Morgan fingerprint density at radius 1 is 0.800 bits per heavy atom. The number of H-pyrrole nitrogens is 2. The van der Waals surface area contributed by atoms with E-state index in [1.807, 2.05) is 78.9 Å². The Kier molecular flexibility index (Phi) is 4.33. The summed E-state index contributed by atoms with van der Waals surface area (Å²) in [4.78, 5) is 36.5. The van der Waals surface area contributed by atoms with Gasteiger partial charge in [0.1, 0.15) is 5.82 Å². The number of ketones is 1. The van der Waals surface area contributed by atoms with Crippen molar-refractivity contribution >= 4 is 33.8 Å². The van der Waals surface area contributed by atoms with Gasteiger partial charge in [-0.3, -0.25) is 9.59 Å². The van der Waals surface area contributed by atoms with Crippen LogP contribution in [0.15, 0.2) is 89.7 Å². The number of hydrogen-bond donors (Lipinski definition) is 2. The lowest BCUT2D eigenvalue weighted by Crippen LogP contribution is -2.18. The van der Waals surface area contributed by atoms with Gasteiger partial charge in [0.15, 0.2) is 5.78 Å². The number of allylic oxidation sites excluding steroid dienone is 1. The van der Waals surface area contributed by atoms with Crippen molar-refractivity contribution in [3.05, 3.63) is 107 Å². The highest BCUT2D eigenvalue weighted by Crippen LogP contribution is 2.29. The first-order valence-corrected chi connectivity index (χ1v) is 9.58. The summed E-state index contributed by atoms with van der Waals surface area (Å²) in [5, 5.41) is 0.823. The molecule has 0 fully saturated rings. The Balaban J connectivity index is 1.65. The van der Waals surface area contributed by atoms with E-state index in [2.05, 4.69) is 15.0 Å². The molecular weight excluding hydrogens is 374 g/mol. The normalized spacial score (nSPS) is 11.5. The zero-order valence-electron chi connectivity index (χ0n) is 15.9. The van der Waals surface area contributed by atoms with Crippen LogP contribution < -0.4 is 5.56 Å². The minimum absolute atomic E-state index is 0.118. The summed E-state index contributed by atoms with van der Waals surface area (Å²) in [5.74, 6) is 0.185. The molecule has 0 saturated carbocycles. The minimum atomic E-state index is -0.410. The zero-order valence-corrected chi connectivity index (χ0v) is 15.9. The molecule has 5 nitrogen and oxygen atoms in total. The predicted molar refractivity (Wildman–Crippen MR) is 119 cm³/mol. The van der Waals surface area contributed by atoms with Gasteiger partial charge in [0.25, 0.3) is 5.56 Å². The Labute approximate surface area is 171 Å². The molecule has 5 aromatic rings. The van der Waals surface area contributed by atoms with Gasteiger partial charge < -0.3 is 9.97 Å². The van der Waals surface area contributed by atoms with Gasteiger partial charge in [-0.15, -0.1) is 0 Å². The first-order chi connectivity index (χ1) is 14.7. The summed E-state index contributed by atoms with van der Waals surface area (Å²) in [6.07, 6.45) is 3.00. The summed E-state index contributed by atoms with van der Waals surface area (Å²) in [6, 6.07) is 24.6. The van der Waals surface area contributed by atoms with Crippen molar-refractivity contribution in [2.24, 2.45) is 0 Å². The second-order valence-electron chi connectivity index (χ2n) is 6.95. The molecule has 30 heavy (non-hydrogen) atoms. The van der Waals surface area contributed by atoms with Gasteiger partial charge in [0.05, 0.1) is 16.6 Å². The second kappa shape index (κ2) is 7.29. The van der Waals surface area contributed by atoms with E-state index in [1.165, 1.54) is 6.08 Å². The number of aromatic amines is 2. The van der Waals surface area contributed by atoms with Crippen LogP contribution in [0.2, 0.25) is 0 Å². The number of nitrogens with zero attached hydrogens (tertiary/aromatic N) is 1. The highest BCUT2D eigenvalue weighted by molar-refractivity contribution is 6.15. The van der Waals surface area contributed by atoms with Gasteiger partial charge in [-0.1, -0.05) is 60.7 Å². The highest BCUT2D eigenvalue weighted by Gasteiger charge is 2.19. The monoisotopic (exact) mass is 391 g/mol. The SMILES string of the molecule is O=C(/C=C/c1nc2ccccc2[nH]1)c1c(-c2ccccc2)c2ccccc2[nH]c1=O. The first-order valence-electron chi connectivity index (χ1n) is 9.58. The van der Waals surface area contributed by atoms with Crippen LogP contribution in [0.4, 0.5) is 0 Å². The number of rotatable bonds is 4. The van der Waals surface area contributed by atoms with Gasteiger partial charge in [-0.2, -0.15) is 0 Å². The average molecular weight is 391 g/mol. The van der Waals surface area contributed by atoms with Gasteiger partial charge in [-0.25, -0.2) is 4.98 Å². The fourth-order valence-corrected chi connectivity index (χ4v) is 3.67. The van der Waals surface area contributed by atoms with Crippen LogP contribution in [0, 0.1) is 0 Å². The lowest BCUT2D eigenvalue weighted by Gasteiger charge is -2.11. The standard InChI is InChI=1S/C25H17N3O2/c29-21(14-15-22-26-19-12-6-7-13-20(19)27-22)24-23(16-8-2-1-3-9-16)17-10-4-5-11-18(17)28-25(24)30/h1-15H,(H,26,27)(H,28,30)/b15-14+. The number of hydrogen-bond acceptors (Lipinski definition) is 3. The van der Waals surface area contributed by atoms with Gasteiger partial charge in [0.2, 0.25) is 0 Å². The van der Waals surface area contributed by atoms with Crippen LogP contribution in [0.25, 0.3) is 39.1 Å². The molecule has 144 valence electrons. The van der Waals surface area contributed by atoms with E-state index in [9.17, 15) is 9.59 Å². The van der Waals surface area contributed by atoms with Crippen LogP contribution in [0.3, 0.4) is 0 Å². The fourth-order valence-electron chi connectivity index (χ4n) is 3.67. The van der Waals surface area contributed by atoms with Crippen LogP contribution in [-0.4, -0.2) is 20.7 Å². The molecule has 3 aromatic carbocycles. The molecule has 0 atom stereocenters. The molecule has 2 N–H and O–H groups in total. The molecule has 2 heterocycles. The molecule has 5 heteroatoms. The lowest BCUT2D eigenvalue weighted by molar-refractivity contribution is 0.104. The predicted octanol–water partition coefficient (Wildman–Crippen LogP) is 4.97. The van der Waals surface area contributed by atoms with Crippen LogP contribution >= 0.6 is 0 Å². The van der Waals surface area contributed by atoms with Crippen molar-refractivity contribution in [3.8, 4) is 11.1 Å². The molecule has 0 saturated heterocycles. The number of fused-ring (bicyclic) bond motifs is 2. The molecule has 0 aliphatic rings. The molecule has 0 bridgehead atoms. The van der Waals surface area contributed by atoms with Crippen LogP contribution in [0.1, 0.15) is 16.2 Å². The Bertz CT molecular complexity index is 1440. The highest BCUT2D eigenvalue weighted by atomic mass is 16.1. The van der Waals surface area contributed by atoms with Crippen molar-refractivity contribution in [2.45, 2.75) is 0 Å². The Hall–Kier alpha value is -4.25. The number of nitrogens with one attached hydrogen (secondary N) is 2. The maximum absolute atomic E-state index is 13.1. The number of para-hydroxylation sites is 3. The zero-order chi connectivity index (χ0) is 20.5. The van der Waals surface area contributed by atoms with E-state index in [1.54, 1.807) is 6.08 Å². The smallest absolute Gasteiger partial charge is 0.260 e. The average Bonchev–Trinajstić information content (AvgIpc) is 3.20.